The van der Waals surface area contributed by atoms with E-state index in [9.17, 15) is 4.57 Å². The summed E-state index contributed by atoms with van der Waals surface area (Å²) in [5.74, 6) is 0. The molecule has 0 aliphatic rings. The van der Waals surface area contributed by atoms with Gasteiger partial charge in [0.25, 0.3) is 0 Å². The van der Waals surface area contributed by atoms with E-state index in [0.717, 1.165) is 0 Å². The van der Waals surface area contributed by atoms with Gasteiger partial charge in [-0.25, -0.2) is 0 Å². The van der Waals surface area contributed by atoms with Crippen LogP contribution < -0.4 is 0 Å². The van der Waals surface area contributed by atoms with Crippen LogP contribution in [0.25, 0.3) is 0 Å². The van der Waals surface area contributed by atoms with Crippen molar-refractivity contribution >= 4 is 7.60 Å². The van der Waals surface area contributed by atoms with E-state index in [4.69, 9.17) is 23.3 Å². The zero-order valence-corrected chi connectivity index (χ0v) is 11.0. The molecule has 0 radical (unpaired) electrons. The molecule has 0 heterocycles. The third-order valence-corrected chi connectivity index (χ3v) is 3.30. The molecule has 7 heteroatoms. The van der Waals surface area contributed by atoms with Crippen molar-refractivity contribution in [1.29, 1.82) is 0 Å². The first kappa shape index (κ1) is 16.0. The summed E-state index contributed by atoms with van der Waals surface area (Å²) in [5, 5.41) is 0. The van der Waals surface area contributed by atoms with Crippen LogP contribution in [-0.2, 0) is 27.8 Å². The summed E-state index contributed by atoms with van der Waals surface area (Å²) in [6.45, 7) is 5.13. The van der Waals surface area contributed by atoms with E-state index in [2.05, 4.69) is 0 Å². The summed E-state index contributed by atoms with van der Waals surface area (Å²) in [5.41, 5.74) is 0. The van der Waals surface area contributed by atoms with Crippen molar-refractivity contribution in [2.24, 2.45) is 0 Å². The van der Waals surface area contributed by atoms with Crippen LogP contribution in [-0.4, -0.2) is 46.7 Å². The van der Waals surface area contributed by atoms with Gasteiger partial charge in [0, 0.05) is 7.11 Å². The predicted octanol–water partition coefficient (Wildman–Crippen LogP) is 1.85. The minimum absolute atomic E-state index is 0.0491. The van der Waals surface area contributed by atoms with Crippen LogP contribution in [0.4, 0.5) is 0 Å². The molecule has 16 heavy (non-hydrogen) atoms. The predicted molar refractivity (Wildman–Crippen MR) is 59.5 cm³/mol. The van der Waals surface area contributed by atoms with E-state index in [1.807, 2.05) is 0 Å². The molecule has 0 aliphatic heterocycles. The molecule has 0 aromatic heterocycles. The molecule has 0 N–H and O–H groups in total. The number of ether oxygens (including phenoxy) is 3. The number of rotatable bonds is 11. The first-order valence-corrected chi connectivity index (χ1v) is 6.94. The van der Waals surface area contributed by atoms with Crippen LogP contribution in [0.5, 0.6) is 0 Å². The zero-order valence-electron chi connectivity index (χ0n) is 10.1. The molecule has 0 bridgehead atoms. The van der Waals surface area contributed by atoms with Gasteiger partial charge in [0.15, 0.2) is 6.35 Å². The van der Waals surface area contributed by atoms with Gasteiger partial charge in [-0.05, 0) is 13.8 Å². The second kappa shape index (κ2) is 10.2. The van der Waals surface area contributed by atoms with Gasteiger partial charge < -0.3 is 23.3 Å². The number of hydrogen-bond acceptors (Lipinski definition) is 6. The Morgan fingerprint density at radius 1 is 1.00 bits per heavy atom. The van der Waals surface area contributed by atoms with Crippen LogP contribution >= 0.6 is 7.60 Å². The minimum Gasteiger partial charge on any atom is -0.382 e. The molecule has 0 saturated heterocycles. The summed E-state index contributed by atoms with van der Waals surface area (Å²) in [4.78, 5) is 0. The van der Waals surface area contributed by atoms with Crippen LogP contribution in [0.2, 0.25) is 0 Å². The van der Waals surface area contributed by atoms with E-state index in [-0.39, 0.29) is 13.1 Å². The maximum atomic E-state index is 11.9. The largest absolute Gasteiger partial charge is 0.382 e. The molecule has 0 fully saturated rings. The minimum atomic E-state index is -3.11. The van der Waals surface area contributed by atoms with Gasteiger partial charge in [0.2, 0.25) is 0 Å². The normalized spacial score (nSPS) is 11.9. The smallest absolute Gasteiger partial charge is 0.356 e. The fourth-order valence-corrected chi connectivity index (χ4v) is 2.22. The first-order chi connectivity index (χ1) is 7.68. The lowest BCUT2D eigenvalue weighted by atomic mass is 10.8. The van der Waals surface area contributed by atoms with Crippen molar-refractivity contribution in [3.05, 3.63) is 0 Å². The highest BCUT2D eigenvalue weighted by Crippen LogP contribution is 2.47. The Hall–Kier alpha value is 0.0300. The zero-order chi connectivity index (χ0) is 12.3. The average molecular weight is 256 g/mol. The van der Waals surface area contributed by atoms with Crippen LogP contribution in [0.3, 0.4) is 0 Å². The SMILES string of the molecule is CCOP(=O)(COCOCCOC)OCC. The fourth-order valence-electron chi connectivity index (χ4n) is 0.914. The van der Waals surface area contributed by atoms with Crippen molar-refractivity contribution < 1.29 is 27.8 Å². The van der Waals surface area contributed by atoms with E-state index < -0.39 is 7.60 Å². The van der Waals surface area contributed by atoms with Crippen molar-refractivity contribution in [3.8, 4) is 0 Å². The van der Waals surface area contributed by atoms with Gasteiger partial charge in [-0.2, -0.15) is 0 Å². The molecule has 0 atom stereocenters. The quantitative estimate of drug-likeness (QED) is 0.319. The van der Waals surface area contributed by atoms with Gasteiger partial charge in [0.1, 0.15) is 6.79 Å². The van der Waals surface area contributed by atoms with Crippen LogP contribution in [0.1, 0.15) is 13.8 Å². The topological polar surface area (TPSA) is 63.2 Å². The monoisotopic (exact) mass is 256 g/mol. The fraction of sp³-hybridized carbons (Fsp3) is 1.00. The molecule has 0 spiro atoms. The van der Waals surface area contributed by atoms with Gasteiger partial charge in [-0.1, -0.05) is 0 Å². The molecule has 6 nitrogen and oxygen atoms in total. The Bertz CT molecular complexity index is 188. The molecule has 0 aliphatic carbocycles. The lowest BCUT2D eigenvalue weighted by molar-refractivity contribution is -0.0566. The van der Waals surface area contributed by atoms with E-state index in [0.29, 0.717) is 26.4 Å². The van der Waals surface area contributed by atoms with Gasteiger partial charge >= 0.3 is 7.60 Å². The Morgan fingerprint density at radius 2 is 1.62 bits per heavy atom. The van der Waals surface area contributed by atoms with Gasteiger partial charge in [-0.3, -0.25) is 4.57 Å². The Balaban J connectivity index is 3.64. The van der Waals surface area contributed by atoms with Gasteiger partial charge in [0.05, 0.1) is 26.4 Å². The summed E-state index contributed by atoms with van der Waals surface area (Å²) >= 11 is 0. The maximum Gasteiger partial charge on any atom is 0.356 e. The highest BCUT2D eigenvalue weighted by atomic mass is 31.2. The molecule has 0 saturated carbocycles. The summed E-state index contributed by atoms with van der Waals surface area (Å²) in [6.07, 6.45) is -0.0956. The van der Waals surface area contributed by atoms with Crippen molar-refractivity contribution in [2.75, 3.05) is 46.7 Å². The molecular formula is C9H21O6P. The van der Waals surface area contributed by atoms with Crippen molar-refractivity contribution in [1.82, 2.24) is 0 Å². The van der Waals surface area contributed by atoms with Crippen LogP contribution in [0, 0.1) is 0 Å². The molecule has 0 aromatic carbocycles. The second-order valence-electron chi connectivity index (χ2n) is 2.80. The lowest BCUT2D eigenvalue weighted by Crippen LogP contribution is -2.09. The molecule has 0 rings (SSSR count). The van der Waals surface area contributed by atoms with Crippen molar-refractivity contribution in [3.63, 3.8) is 0 Å². The highest BCUT2D eigenvalue weighted by Gasteiger charge is 2.23. The average Bonchev–Trinajstić information content (AvgIpc) is 2.24. The third kappa shape index (κ3) is 8.21. The molecule has 0 aromatic rings. The second-order valence-corrected chi connectivity index (χ2v) is 4.79. The summed E-state index contributed by atoms with van der Waals surface area (Å²) in [7, 11) is -1.52. The Morgan fingerprint density at radius 3 is 2.12 bits per heavy atom. The highest BCUT2D eigenvalue weighted by molar-refractivity contribution is 7.53. The van der Waals surface area contributed by atoms with E-state index in [1.54, 1.807) is 21.0 Å². The standard InChI is InChI=1S/C9H21O6P/c1-4-14-16(10,15-5-2)9-13-8-12-7-6-11-3/h4-9H2,1-3H3. The van der Waals surface area contributed by atoms with Gasteiger partial charge in [-0.15, -0.1) is 0 Å². The number of hydrogen-bond donors (Lipinski definition) is 0. The Labute approximate surface area is 96.7 Å². The van der Waals surface area contributed by atoms with Crippen molar-refractivity contribution in [2.45, 2.75) is 13.8 Å². The van der Waals surface area contributed by atoms with Crippen LogP contribution in [0.15, 0.2) is 0 Å². The van der Waals surface area contributed by atoms with E-state index in [1.165, 1.54) is 0 Å². The Kier molecular flexibility index (Phi) is 10.2. The molecule has 98 valence electrons. The summed E-state index contributed by atoms with van der Waals surface area (Å²) in [6, 6.07) is 0. The molecule has 0 unspecified atom stereocenters. The van der Waals surface area contributed by atoms with E-state index >= 15 is 0 Å². The summed E-state index contributed by atoms with van der Waals surface area (Å²) < 4.78 is 36.8. The molecular weight excluding hydrogens is 235 g/mol. The first-order valence-electron chi connectivity index (χ1n) is 5.21. The maximum absolute atomic E-state index is 11.9. The molecule has 0 amide bonds. The number of methoxy groups -OCH3 is 1. The third-order valence-electron chi connectivity index (χ3n) is 1.50. The lowest BCUT2D eigenvalue weighted by Gasteiger charge is -2.16.